The summed E-state index contributed by atoms with van der Waals surface area (Å²) in [5.41, 5.74) is 4.41. The molecule has 2 heterocycles. The van der Waals surface area contributed by atoms with E-state index in [1.54, 1.807) is 20.4 Å². The summed E-state index contributed by atoms with van der Waals surface area (Å²) < 4.78 is 12.7. The van der Waals surface area contributed by atoms with E-state index >= 15 is 0 Å². The molecule has 168 valence electrons. The zero-order chi connectivity index (χ0) is 22.8. The van der Waals surface area contributed by atoms with Crippen LogP contribution < -0.4 is 5.32 Å². The molecular weight excluding hydrogens is 394 g/mol. The molecule has 0 aliphatic rings. The van der Waals surface area contributed by atoms with Crippen molar-refractivity contribution in [2.24, 2.45) is 15.9 Å². The number of amides is 1. The van der Waals surface area contributed by atoms with Crippen LogP contribution >= 0.6 is 0 Å². The third-order valence-corrected chi connectivity index (χ3v) is 5.22. The number of ether oxygens (including phenoxy) is 2. The summed E-state index contributed by atoms with van der Waals surface area (Å²) in [4.78, 5) is 25.0. The fourth-order valence-corrected chi connectivity index (χ4v) is 3.39. The summed E-state index contributed by atoms with van der Waals surface area (Å²) in [6.07, 6.45) is 5.82. The number of pyridine rings is 1. The van der Waals surface area contributed by atoms with E-state index in [4.69, 9.17) is 9.47 Å². The number of methoxy groups -OCH3 is 2. The van der Waals surface area contributed by atoms with Gasteiger partial charge in [0, 0.05) is 45.6 Å². The van der Waals surface area contributed by atoms with Crippen molar-refractivity contribution in [1.29, 1.82) is 0 Å². The van der Waals surface area contributed by atoms with Gasteiger partial charge in [-0.1, -0.05) is 6.92 Å². The number of aliphatic imine (C=N–C) groups is 2. The zero-order valence-electron chi connectivity index (χ0n) is 19.1. The Hall–Kier alpha value is -3.00. The number of rotatable bonds is 12. The summed E-state index contributed by atoms with van der Waals surface area (Å²) in [6.45, 7) is 11.8. The highest BCUT2D eigenvalue weighted by molar-refractivity contribution is 6.05. The highest BCUT2D eigenvalue weighted by Gasteiger charge is 2.19. The fourth-order valence-electron chi connectivity index (χ4n) is 3.39. The van der Waals surface area contributed by atoms with Gasteiger partial charge in [0.15, 0.2) is 0 Å². The molecule has 8 heteroatoms. The van der Waals surface area contributed by atoms with Crippen molar-refractivity contribution in [3.63, 3.8) is 0 Å². The van der Waals surface area contributed by atoms with Crippen LogP contribution in [0.1, 0.15) is 36.2 Å². The Kier molecular flexibility index (Phi) is 9.40. The van der Waals surface area contributed by atoms with Crippen LogP contribution in [0.2, 0.25) is 0 Å². The van der Waals surface area contributed by atoms with Crippen LogP contribution in [0.5, 0.6) is 0 Å². The molecule has 31 heavy (non-hydrogen) atoms. The smallest absolute Gasteiger partial charge is 0.255 e. The van der Waals surface area contributed by atoms with Gasteiger partial charge in [-0.25, -0.2) is 0 Å². The first-order valence-electron chi connectivity index (χ1n) is 10.3. The first-order valence-corrected chi connectivity index (χ1v) is 10.3. The van der Waals surface area contributed by atoms with Crippen LogP contribution in [0, 0.1) is 12.8 Å². The Morgan fingerprint density at radius 1 is 1.42 bits per heavy atom. The highest BCUT2D eigenvalue weighted by atomic mass is 16.5. The molecule has 1 unspecified atom stereocenters. The normalized spacial score (nSPS) is 13.3. The maximum absolute atomic E-state index is 12.7. The van der Waals surface area contributed by atoms with Gasteiger partial charge in [-0.2, -0.15) is 0 Å². The van der Waals surface area contributed by atoms with Crippen LogP contribution in [-0.4, -0.2) is 62.4 Å². The van der Waals surface area contributed by atoms with Crippen LogP contribution in [0.4, 0.5) is 0 Å². The molecule has 1 amide bonds. The number of fused-ring (bicyclic) bond motifs is 1. The highest BCUT2D eigenvalue weighted by Crippen LogP contribution is 2.25. The number of aryl methyl sites for hydroxylation is 1. The van der Waals surface area contributed by atoms with E-state index in [0.717, 1.165) is 22.4 Å². The molecule has 8 nitrogen and oxygen atoms in total. The number of aromatic nitrogens is 2. The molecule has 2 aromatic rings. The molecule has 0 aliphatic carbocycles. The summed E-state index contributed by atoms with van der Waals surface area (Å²) in [6, 6.07) is 2.06. The molecule has 0 aliphatic heterocycles. The molecule has 0 aromatic carbocycles. The molecule has 2 rings (SSSR count). The van der Waals surface area contributed by atoms with E-state index in [-0.39, 0.29) is 11.8 Å². The molecule has 0 bridgehead atoms. The monoisotopic (exact) mass is 427 g/mol. The first-order chi connectivity index (χ1) is 14.9. The van der Waals surface area contributed by atoms with Crippen molar-refractivity contribution < 1.29 is 14.3 Å². The predicted molar refractivity (Wildman–Crippen MR) is 125 cm³/mol. The lowest BCUT2D eigenvalue weighted by atomic mass is 10.00. The maximum atomic E-state index is 12.7. The molecule has 0 fully saturated rings. The topological polar surface area (TPSA) is 90.1 Å². The summed E-state index contributed by atoms with van der Waals surface area (Å²) in [7, 11) is 3.29. The van der Waals surface area contributed by atoms with Gasteiger partial charge in [0.1, 0.15) is 11.9 Å². The average molecular weight is 428 g/mol. The lowest BCUT2D eigenvalue weighted by Gasteiger charge is -2.18. The van der Waals surface area contributed by atoms with Gasteiger partial charge < -0.3 is 19.4 Å². The quantitative estimate of drug-likeness (QED) is 0.243. The minimum Gasteiger partial charge on any atom is -0.501 e. The number of nitrogens with one attached hydrogen (secondary N) is 1. The van der Waals surface area contributed by atoms with Crippen LogP contribution in [0.3, 0.4) is 0 Å². The molecule has 0 spiro atoms. The second-order valence-electron chi connectivity index (χ2n) is 7.49. The van der Waals surface area contributed by atoms with Gasteiger partial charge in [0.05, 0.1) is 30.6 Å². The average Bonchev–Trinajstić information content (AvgIpc) is 3.11. The van der Waals surface area contributed by atoms with Crippen molar-refractivity contribution in [2.45, 2.75) is 33.7 Å². The molecule has 0 saturated heterocycles. The second kappa shape index (κ2) is 12.0. The van der Waals surface area contributed by atoms with Gasteiger partial charge in [0.2, 0.25) is 0 Å². The number of hydrogen-bond acceptors (Lipinski definition) is 5. The van der Waals surface area contributed by atoms with Gasteiger partial charge in [-0.15, -0.1) is 0 Å². The van der Waals surface area contributed by atoms with Gasteiger partial charge in [-0.3, -0.25) is 19.8 Å². The Bertz CT molecular complexity index is 962. The van der Waals surface area contributed by atoms with E-state index in [9.17, 15) is 4.79 Å². The molecule has 2 aromatic heterocycles. The Labute approximate surface area is 184 Å². The van der Waals surface area contributed by atoms with Crippen molar-refractivity contribution >= 4 is 30.0 Å². The third kappa shape index (κ3) is 6.49. The number of allylic oxidation sites excluding steroid dienone is 1. The minimum absolute atomic E-state index is 0.150. The molecule has 0 saturated carbocycles. The Morgan fingerprint density at radius 2 is 2.19 bits per heavy atom. The zero-order valence-corrected chi connectivity index (χ0v) is 19.1. The summed E-state index contributed by atoms with van der Waals surface area (Å²) in [5.74, 6) is 0.956. The lowest BCUT2D eigenvalue weighted by molar-refractivity contribution is 0.0938. The fraction of sp³-hybridized carbons (Fsp3) is 0.478. The SMILES string of the molecule is C=NC=NCC/C(OC)=C(/C)C(C)Cn1cc(C(=O)NCCOC)c2ncc(C)cc21. The van der Waals surface area contributed by atoms with E-state index in [2.05, 4.69) is 51.5 Å². The van der Waals surface area contributed by atoms with E-state index in [1.165, 1.54) is 6.34 Å². The number of carbonyl (C=O) groups excluding carboxylic acids is 1. The predicted octanol–water partition coefficient (Wildman–Crippen LogP) is 3.40. The standard InChI is InChI=1S/C23H33N5O3/c1-16-11-20-22(27-12-16)19(23(29)26-9-10-30-5)14-28(20)13-17(2)18(3)21(31-6)7-8-25-15-24-4/h11-12,14-15,17H,4,7-10,13H2,1-3,5-6H3,(H,26,29)/b21-18+,25-15?. The maximum Gasteiger partial charge on any atom is 0.255 e. The molecule has 0 radical (unpaired) electrons. The van der Waals surface area contributed by atoms with Crippen molar-refractivity contribution in [2.75, 3.05) is 33.9 Å². The Balaban J connectivity index is 2.29. The van der Waals surface area contributed by atoms with E-state index < -0.39 is 0 Å². The minimum atomic E-state index is -0.150. The third-order valence-electron chi connectivity index (χ3n) is 5.22. The van der Waals surface area contributed by atoms with Crippen molar-refractivity contribution in [1.82, 2.24) is 14.9 Å². The molecular formula is C23H33N5O3. The van der Waals surface area contributed by atoms with Crippen molar-refractivity contribution in [3.05, 3.63) is 40.9 Å². The van der Waals surface area contributed by atoms with E-state index in [1.807, 2.05) is 13.1 Å². The van der Waals surface area contributed by atoms with Gasteiger partial charge in [0.25, 0.3) is 5.91 Å². The second-order valence-corrected chi connectivity index (χ2v) is 7.49. The molecule has 1 N–H and O–H groups in total. The van der Waals surface area contributed by atoms with Crippen molar-refractivity contribution in [3.8, 4) is 0 Å². The summed E-state index contributed by atoms with van der Waals surface area (Å²) in [5, 5.41) is 2.88. The molecule has 1 atom stereocenters. The lowest BCUT2D eigenvalue weighted by Crippen LogP contribution is -2.26. The van der Waals surface area contributed by atoms with Crippen LogP contribution in [0.25, 0.3) is 11.0 Å². The van der Waals surface area contributed by atoms with Crippen LogP contribution in [0.15, 0.2) is 39.8 Å². The van der Waals surface area contributed by atoms with Gasteiger partial charge in [-0.05, 0) is 43.7 Å². The number of hydrogen-bond donors (Lipinski definition) is 1. The van der Waals surface area contributed by atoms with Gasteiger partial charge >= 0.3 is 0 Å². The summed E-state index contributed by atoms with van der Waals surface area (Å²) >= 11 is 0. The number of carbonyl (C=O) groups is 1. The van der Waals surface area contributed by atoms with E-state index in [0.29, 0.717) is 43.7 Å². The first kappa shape index (κ1) is 24.3. The number of nitrogens with zero attached hydrogens (tertiary/aromatic N) is 4. The van der Waals surface area contributed by atoms with Crippen LogP contribution in [-0.2, 0) is 16.0 Å². The largest absolute Gasteiger partial charge is 0.501 e. The Morgan fingerprint density at radius 3 is 2.87 bits per heavy atom.